The van der Waals surface area contributed by atoms with Gasteiger partial charge in [-0.1, -0.05) is 6.92 Å². The second-order valence-electron chi connectivity index (χ2n) is 4.45. The smallest absolute Gasteiger partial charge is 0.240 e. The number of nitrogens with two attached hydrogens (primary N) is 1. The fourth-order valence-corrected chi connectivity index (χ4v) is 2.55. The van der Waals surface area contributed by atoms with Crippen LogP contribution >= 0.6 is 0 Å². The molecule has 0 saturated carbocycles. The van der Waals surface area contributed by atoms with E-state index in [1.165, 1.54) is 25.2 Å². The molecule has 0 fully saturated rings. The van der Waals surface area contributed by atoms with Crippen LogP contribution in [0.15, 0.2) is 35.5 Å². The molecule has 114 valence electrons. The summed E-state index contributed by atoms with van der Waals surface area (Å²) in [6.45, 7) is 2.86. The Hall–Kier alpha value is -2.06. The van der Waals surface area contributed by atoms with Crippen LogP contribution in [0.25, 0.3) is 0 Å². The number of hydrogen-bond acceptors (Lipinski definition) is 5. The molecule has 0 spiro atoms. The number of nitrogens with zero attached hydrogens (tertiary/aromatic N) is 2. The van der Waals surface area contributed by atoms with E-state index in [4.69, 9.17) is 10.5 Å². The summed E-state index contributed by atoms with van der Waals surface area (Å²) in [6.07, 6.45) is 4.33. The Morgan fingerprint density at radius 3 is 2.81 bits per heavy atom. The van der Waals surface area contributed by atoms with Gasteiger partial charge in [-0.2, -0.15) is 5.10 Å². The fourth-order valence-electron chi connectivity index (χ4n) is 1.78. The zero-order valence-electron chi connectivity index (χ0n) is 11.9. The Labute approximate surface area is 123 Å². The van der Waals surface area contributed by atoms with Crippen molar-refractivity contribution in [2.45, 2.75) is 24.8 Å². The molecule has 21 heavy (non-hydrogen) atoms. The first kappa shape index (κ1) is 15.3. The lowest BCUT2D eigenvalue weighted by molar-refractivity contribution is 0.482. The standard InChI is InChI=1S/C13H18N4O3S/c1-3-6-17-9-10(8-16-17)20-13-5-4-11(7-12(13)14)21(18,19)15-2/h4-5,7-9,15H,3,6,14H2,1-2H3. The van der Waals surface area contributed by atoms with Crippen LogP contribution in [-0.2, 0) is 16.6 Å². The number of aromatic nitrogens is 2. The minimum atomic E-state index is -3.52. The molecule has 0 unspecified atom stereocenters. The third kappa shape index (κ3) is 3.53. The van der Waals surface area contributed by atoms with Crippen molar-refractivity contribution in [1.29, 1.82) is 0 Å². The van der Waals surface area contributed by atoms with Gasteiger partial charge in [-0.15, -0.1) is 0 Å². The second kappa shape index (κ2) is 6.15. The number of sulfonamides is 1. The van der Waals surface area contributed by atoms with Crippen LogP contribution in [-0.4, -0.2) is 25.2 Å². The van der Waals surface area contributed by atoms with E-state index in [1.807, 2.05) is 0 Å². The number of hydrogen-bond donors (Lipinski definition) is 2. The molecule has 7 nitrogen and oxygen atoms in total. The van der Waals surface area contributed by atoms with Gasteiger partial charge in [-0.05, 0) is 31.7 Å². The molecule has 0 radical (unpaired) electrons. The molecule has 0 bridgehead atoms. The van der Waals surface area contributed by atoms with E-state index >= 15 is 0 Å². The quantitative estimate of drug-likeness (QED) is 0.789. The summed E-state index contributed by atoms with van der Waals surface area (Å²) in [5, 5.41) is 4.15. The van der Waals surface area contributed by atoms with Gasteiger partial charge in [0.1, 0.15) is 0 Å². The van der Waals surface area contributed by atoms with Gasteiger partial charge in [0.25, 0.3) is 0 Å². The van der Waals surface area contributed by atoms with E-state index in [0.717, 1.165) is 13.0 Å². The zero-order valence-corrected chi connectivity index (χ0v) is 12.7. The zero-order chi connectivity index (χ0) is 15.5. The molecular formula is C13H18N4O3S. The van der Waals surface area contributed by atoms with Crippen LogP contribution in [0, 0.1) is 0 Å². The van der Waals surface area contributed by atoms with Crippen molar-refractivity contribution in [2.75, 3.05) is 12.8 Å². The van der Waals surface area contributed by atoms with Gasteiger partial charge in [0, 0.05) is 6.54 Å². The SMILES string of the molecule is CCCn1cc(Oc2ccc(S(=O)(=O)NC)cc2N)cn1. The lowest BCUT2D eigenvalue weighted by Gasteiger charge is -2.08. The lowest BCUT2D eigenvalue weighted by Crippen LogP contribution is -2.18. The molecule has 0 aliphatic rings. The van der Waals surface area contributed by atoms with Crippen LogP contribution in [0.2, 0.25) is 0 Å². The van der Waals surface area contributed by atoms with E-state index in [-0.39, 0.29) is 10.6 Å². The average Bonchev–Trinajstić information content (AvgIpc) is 2.89. The van der Waals surface area contributed by atoms with Crippen molar-refractivity contribution in [1.82, 2.24) is 14.5 Å². The molecule has 2 aromatic rings. The normalized spacial score (nSPS) is 11.5. The highest BCUT2D eigenvalue weighted by Crippen LogP contribution is 2.29. The number of anilines is 1. The summed E-state index contributed by atoms with van der Waals surface area (Å²) in [5.41, 5.74) is 6.09. The number of ether oxygens (including phenoxy) is 1. The summed E-state index contributed by atoms with van der Waals surface area (Å²) < 4.78 is 33.0. The van der Waals surface area contributed by atoms with Crippen LogP contribution < -0.4 is 15.2 Å². The maximum Gasteiger partial charge on any atom is 0.240 e. The molecule has 0 atom stereocenters. The van der Waals surface area contributed by atoms with Crippen molar-refractivity contribution in [3.63, 3.8) is 0 Å². The minimum Gasteiger partial charge on any atom is -0.452 e. The Bertz CT molecular complexity index is 725. The van der Waals surface area contributed by atoms with Crippen LogP contribution in [0.3, 0.4) is 0 Å². The van der Waals surface area contributed by atoms with Gasteiger partial charge in [-0.3, -0.25) is 4.68 Å². The van der Waals surface area contributed by atoms with Gasteiger partial charge in [-0.25, -0.2) is 13.1 Å². The van der Waals surface area contributed by atoms with Gasteiger partial charge in [0.15, 0.2) is 11.5 Å². The van der Waals surface area contributed by atoms with E-state index < -0.39 is 10.0 Å². The number of rotatable bonds is 6. The van der Waals surface area contributed by atoms with Crippen molar-refractivity contribution in [2.24, 2.45) is 0 Å². The number of aryl methyl sites for hydroxylation is 1. The molecule has 1 aromatic carbocycles. The number of benzene rings is 1. The lowest BCUT2D eigenvalue weighted by atomic mass is 10.3. The Morgan fingerprint density at radius 1 is 1.43 bits per heavy atom. The first-order valence-corrected chi connectivity index (χ1v) is 7.98. The Kier molecular flexibility index (Phi) is 4.49. The first-order valence-electron chi connectivity index (χ1n) is 6.49. The summed E-state index contributed by atoms with van der Waals surface area (Å²) in [4.78, 5) is 0.0940. The van der Waals surface area contributed by atoms with Gasteiger partial charge < -0.3 is 10.5 Å². The van der Waals surface area contributed by atoms with Gasteiger partial charge >= 0.3 is 0 Å². The maximum absolute atomic E-state index is 11.7. The van der Waals surface area contributed by atoms with Crippen molar-refractivity contribution in [3.05, 3.63) is 30.6 Å². The van der Waals surface area contributed by atoms with E-state index in [9.17, 15) is 8.42 Å². The predicted octanol–water partition coefficient (Wildman–Crippen LogP) is 1.58. The molecule has 0 aliphatic carbocycles. The van der Waals surface area contributed by atoms with Crippen LogP contribution in [0.5, 0.6) is 11.5 Å². The largest absolute Gasteiger partial charge is 0.452 e. The fraction of sp³-hybridized carbons (Fsp3) is 0.308. The van der Waals surface area contributed by atoms with Gasteiger partial charge in [0.2, 0.25) is 10.0 Å². The summed E-state index contributed by atoms with van der Waals surface area (Å²) in [6, 6.07) is 4.32. The topological polar surface area (TPSA) is 99.2 Å². The predicted molar refractivity (Wildman–Crippen MR) is 79.7 cm³/mol. The molecule has 0 aliphatic heterocycles. The minimum absolute atomic E-state index is 0.0940. The first-order chi connectivity index (χ1) is 9.96. The molecule has 1 aromatic heterocycles. The highest BCUT2D eigenvalue weighted by atomic mass is 32.2. The Balaban J connectivity index is 2.21. The monoisotopic (exact) mass is 310 g/mol. The molecule has 1 heterocycles. The summed E-state index contributed by atoms with van der Waals surface area (Å²) >= 11 is 0. The highest BCUT2D eigenvalue weighted by Gasteiger charge is 2.14. The van der Waals surface area contributed by atoms with E-state index in [2.05, 4.69) is 16.7 Å². The number of nitrogens with one attached hydrogen (secondary N) is 1. The van der Waals surface area contributed by atoms with E-state index in [1.54, 1.807) is 17.1 Å². The molecule has 0 saturated heterocycles. The Morgan fingerprint density at radius 2 is 2.19 bits per heavy atom. The summed E-state index contributed by atoms with van der Waals surface area (Å²) in [5.74, 6) is 0.945. The average molecular weight is 310 g/mol. The molecular weight excluding hydrogens is 292 g/mol. The highest BCUT2D eigenvalue weighted by molar-refractivity contribution is 7.89. The third-order valence-corrected chi connectivity index (χ3v) is 4.26. The van der Waals surface area contributed by atoms with Crippen molar-refractivity contribution < 1.29 is 13.2 Å². The molecule has 3 N–H and O–H groups in total. The van der Waals surface area contributed by atoms with Crippen molar-refractivity contribution >= 4 is 15.7 Å². The van der Waals surface area contributed by atoms with Gasteiger partial charge in [0.05, 0.1) is 23.0 Å². The third-order valence-electron chi connectivity index (χ3n) is 2.85. The van der Waals surface area contributed by atoms with Crippen LogP contribution in [0.1, 0.15) is 13.3 Å². The molecule has 0 amide bonds. The van der Waals surface area contributed by atoms with Crippen LogP contribution in [0.4, 0.5) is 5.69 Å². The maximum atomic E-state index is 11.7. The summed E-state index contributed by atoms with van der Waals surface area (Å²) in [7, 11) is -2.17. The second-order valence-corrected chi connectivity index (χ2v) is 6.33. The van der Waals surface area contributed by atoms with E-state index in [0.29, 0.717) is 11.5 Å². The molecule has 2 rings (SSSR count). The number of nitrogen functional groups attached to an aromatic ring is 1. The van der Waals surface area contributed by atoms with Crippen molar-refractivity contribution in [3.8, 4) is 11.5 Å². The molecule has 8 heteroatoms.